The van der Waals surface area contributed by atoms with Crippen LogP contribution in [0.5, 0.6) is 11.5 Å². The largest absolute Gasteiger partial charge is 0.456 e. The van der Waals surface area contributed by atoms with Gasteiger partial charge in [-0.05, 0) is 60.4 Å². The van der Waals surface area contributed by atoms with Gasteiger partial charge in [0.05, 0.1) is 34.7 Å². The zero-order valence-electron chi connectivity index (χ0n) is 18.4. The van der Waals surface area contributed by atoms with Crippen LogP contribution in [0.1, 0.15) is 5.56 Å². The lowest BCUT2D eigenvalue weighted by atomic mass is 10.2. The maximum atomic E-state index is 11.3. The van der Waals surface area contributed by atoms with Gasteiger partial charge in [0.1, 0.15) is 23.3 Å². The van der Waals surface area contributed by atoms with E-state index >= 15 is 0 Å². The maximum absolute atomic E-state index is 11.3. The molecule has 1 N–H and O–H groups in total. The zero-order chi connectivity index (χ0) is 23.7. The van der Waals surface area contributed by atoms with Crippen molar-refractivity contribution in [1.29, 1.82) is 0 Å². The highest BCUT2D eigenvalue weighted by atomic mass is 32.2. The minimum Gasteiger partial charge on any atom is -0.456 e. The molecule has 5 rings (SSSR count). The molecule has 3 heterocycles. The normalized spacial score (nSPS) is 11.8. The van der Waals surface area contributed by atoms with E-state index in [1.807, 2.05) is 66.3 Å². The first-order valence-electron chi connectivity index (χ1n) is 10.4. The van der Waals surface area contributed by atoms with E-state index < -0.39 is 10.1 Å². The van der Waals surface area contributed by atoms with Crippen LogP contribution >= 0.6 is 11.5 Å². The second-order valence-electron chi connectivity index (χ2n) is 7.69. The van der Waals surface area contributed by atoms with Gasteiger partial charge in [0, 0.05) is 18.4 Å². The summed E-state index contributed by atoms with van der Waals surface area (Å²) in [5.41, 5.74) is 3.29. The van der Waals surface area contributed by atoms with Gasteiger partial charge >= 0.3 is 0 Å². The van der Waals surface area contributed by atoms with Crippen molar-refractivity contribution >= 4 is 54.3 Å². The first kappa shape index (κ1) is 22.3. The van der Waals surface area contributed by atoms with E-state index in [0.29, 0.717) is 12.4 Å². The zero-order valence-corrected chi connectivity index (χ0v) is 20.1. The summed E-state index contributed by atoms with van der Waals surface area (Å²) in [6.07, 6.45) is 6.17. The molecule has 9 nitrogen and oxygen atoms in total. The molecule has 0 aliphatic heterocycles. The van der Waals surface area contributed by atoms with Crippen molar-refractivity contribution in [2.75, 3.05) is 18.2 Å². The molecule has 3 aromatic heterocycles. The molecule has 2 aromatic carbocycles. The third-order valence-electron chi connectivity index (χ3n) is 5.20. The number of nitrogens with one attached hydrogen (secondary N) is 1. The van der Waals surface area contributed by atoms with Crippen molar-refractivity contribution in [2.45, 2.75) is 13.5 Å². The van der Waals surface area contributed by atoms with E-state index in [0.717, 1.165) is 50.1 Å². The molecule has 0 amide bonds. The molecule has 0 aliphatic carbocycles. The Hall–Kier alpha value is -3.54. The van der Waals surface area contributed by atoms with Crippen LogP contribution in [0.4, 0.5) is 11.5 Å². The summed E-state index contributed by atoms with van der Waals surface area (Å²) in [5.74, 6) is 2.12. The number of anilines is 2. The topological polar surface area (TPSA) is 108 Å². The Kier molecular flexibility index (Phi) is 5.90. The number of aryl methyl sites for hydroxylation is 1. The number of ether oxygens (including phenoxy) is 1. The molecular formula is C23H21N5O4S2. The summed E-state index contributed by atoms with van der Waals surface area (Å²) >= 11 is 1.44. The number of hydrogen-bond acceptors (Lipinski definition) is 9. The van der Waals surface area contributed by atoms with Gasteiger partial charge in [0.15, 0.2) is 5.82 Å². The molecule has 0 bridgehead atoms. The van der Waals surface area contributed by atoms with Gasteiger partial charge in [-0.3, -0.25) is 4.18 Å². The SMILES string of the molecule is Cc1cc(Nc2ncnc3ccn(CCOS(C)(=O)=O)c23)ccc1Oc1cccc2sncc12. The number of nitrogens with zero attached hydrogens (tertiary/aromatic N) is 4. The Morgan fingerprint density at radius 3 is 2.82 bits per heavy atom. The lowest BCUT2D eigenvalue weighted by Gasteiger charge is -2.13. The van der Waals surface area contributed by atoms with Crippen LogP contribution in [-0.2, 0) is 20.8 Å². The lowest BCUT2D eigenvalue weighted by molar-refractivity contribution is 0.306. The molecule has 0 saturated carbocycles. The Labute approximate surface area is 200 Å². The highest BCUT2D eigenvalue weighted by Crippen LogP contribution is 2.34. The minimum absolute atomic E-state index is 0.0223. The van der Waals surface area contributed by atoms with Crippen LogP contribution in [0, 0.1) is 6.92 Å². The van der Waals surface area contributed by atoms with Gasteiger partial charge in [-0.1, -0.05) is 6.07 Å². The highest BCUT2D eigenvalue weighted by molar-refractivity contribution is 7.85. The second-order valence-corrected chi connectivity index (χ2v) is 10.2. The first-order chi connectivity index (χ1) is 16.4. The summed E-state index contributed by atoms with van der Waals surface area (Å²) in [4.78, 5) is 8.71. The molecular weight excluding hydrogens is 474 g/mol. The summed E-state index contributed by atoms with van der Waals surface area (Å²) in [7, 11) is -3.50. The third kappa shape index (κ3) is 4.72. The highest BCUT2D eigenvalue weighted by Gasteiger charge is 2.12. The minimum atomic E-state index is -3.50. The molecule has 0 spiro atoms. The molecule has 0 radical (unpaired) electrons. The van der Waals surface area contributed by atoms with Crippen molar-refractivity contribution in [3.63, 3.8) is 0 Å². The molecule has 0 atom stereocenters. The van der Waals surface area contributed by atoms with Gasteiger partial charge in [0.25, 0.3) is 10.1 Å². The van der Waals surface area contributed by atoms with Crippen molar-refractivity contribution in [3.8, 4) is 11.5 Å². The summed E-state index contributed by atoms with van der Waals surface area (Å²) in [6.45, 7) is 2.34. The first-order valence-corrected chi connectivity index (χ1v) is 13.0. The Morgan fingerprint density at radius 2 is 2.00 bits per heavy atom. The number of fused-ring (bicyclic) bond motifs is 2. The van der Waals surface area contributed by atoms with E-state index in [4.69, 9.17) is 8.92 Å². The van der Waals surface area contributed by atoms with Gasteiger partial charge in [-0.2, -0.15) is 12.8 Å². The second kappa shape index (κ2) is 9.01. The molecule has 5 aromatic rings. The third-order valence-corrected chi connectivity index (χ3v) is 6.55. The predicted molar refractivity (Wildman–Crippen MR) is 132 cm³/mol. The smallest absolute Gasteiger partial charge is 0.264 e. The van der Waals surface area contributed by atoms with Crippen LogP contribution in [0.2, 0.25) is 0 Å². The number of hydrogen-bond donors (Lipinski definition) is 1. The quantitative estimate of drug-likeness (QED) is 0.304. The molecule has 11 heteroatoms. The van der Waals surface area contributed by atoms with E-state index in [9.17, 15) is 8.42 Å². The van der Waals surface area contributed by atoms with Crippen LogP contribution in [0.3, 0.4) is 0 Å². The molecule has 0 unspecified atom stereocenters. The number of rotatable bonds is 8. The average Bonchev–Trinajstić information content (AvgIpc) is 3.43. The Morgan fingerprint density at radius 1 is 1.12 bits per heavy atom. The van der Waals surface area contributed by atoms with Gasteiger partial charge in [-0.25, -0.2) is 9.97 Å². The van der Waals surface area contributed by atoms with Gasteiger partial charge in [-0.15, -0.1) is 0 Å². The maximum Gasteiger partial charge on any atom is 0.264 e. The fraction of sp³-hybridized carbons (Fsp3) is 0.174. The number of aromatic nitrogens is 4. The van der Waals surface area contributed by atoms with Crippen LogP contribution in [0.15, 0.2) is 61.2 Å². The average molecular weight is 496 g/mol. The molecule has 0 fully saturated rings. The van der Waals surface area contributed by atoms with E-state index in [1.165, 1.54) is 17.9 Å². The van der Waals surface area contributed by atoms with Crippen molar-refractivity contribution in [1.82, 2.24) is 18.9 Å². The molecule has 0 aliphatic rings. The number of benzene rings is 2. The summed E-state index contributed by atoms with van der Waals surface area (Å²) < 4.78 is 40.8. The van der Waals surface area contributed by atoms with Crippen LogP contribution in [0.25, 0.3) is 21.1 Å². The predicted octanol–water partition coefficient (Wildman–Crippen LogP) is 4.86. The van der Waals surface area contributed by atoms with Crippen LogP contribution < -0.4 is 10.1 Å². The van der Waals surface area contributed by atoms with Crippen molar-refractivity contribution in [2.24, 2.45) is 0 Å². The monoisotopic (exact) mass is 495 g/mol. The van der Waals surface area contributed by atoms with Crippen molar-refractivity contribution < 1.29 is 17.3 Å². The Balaban J connectivity index is 1.38. The fourth-order valence-electron chi connectivity index (χ4n) is 3.65. The van der Waals surface area contributed by atoms with E-state index in [2.05, 4.69) is 19.7 Å². The molecule has 174 valence electrons. The van der Waals surface area contributed by atoms with Crippen LogP contribution in [-0.4, -0.2) is 40.2 Å². The standard InChI is InChI=1S/C23H21N5O4S2/c1-15-12-16(6-7-19(15)32-20-4-3-5-21-17(20)13-26-33-21)27-23-22-18(24-14-25-23)8-9-28(22)10-11-31-34(2,29)30/h3-9,12-14H,10-11H2,1-2H3,(H,24,25,27). The molecule has 0 saturated heterocycles. The van der Waals surface area contributed by atoms with E-state index in [1.54, 1.807) is 0 Å². The summed E-state index contributed by atoms with van der Waals surface area (Å²) in [5, 5.41) is 4.33. The van der Waals surface area contributed by atoms with Gasteiger partial charge in [0.2, 0.25) is 0 Å². The van der Waals surface area contributed by atoms with E-state index in [-0.39, 0.29) is 6.61 Å². The lowest BCUT2D eigenvalue weighted by Crippen LogP contribution is -2.10. The Bertz CT molecular complexity index is 1590. The summed E-state index contributed by atoms with van der Waals surface area (Å²) in [6, 6.07) is 13.6. The van der Waals surface area contributed by atoms with Gasteiger partial charge < -0.3 is 14.6 Å². The van der Waals surface area contributed by atoms with Crippen molar-refractivity contribution in [3.05, 3.63) is 66.7 Å². The fourth-order valence-corrected chi connectivity index (χ4v) is 4.69. The molecule has 34 heavy (non-hydrogen) atoms.